The Bertz CT molecular complexity index is 1630. The maximum atomic E-state index is 15.2. The molecule has 2 aromatic carbocycles. The number of thiazole rings is 1. The molecule has 2 unspecified atom stereocenters. The van der Waals surface area contributed by atoms with Gasteiger partial charge in [0.05, 0.1) is 33.6 Å². The third-order valence-electron chi connectivity index (χ3n) is 8.49. The van der Waals surface area contributed by atoms with Gasteiger partial charge in [0.15, 0.2) is 17.2 Å². The molecule has 2 N–H and O–H groups in total. The average Bonchev–Trinajstić information content (AvgIpc) is 3.55. The van der Waals surface area contributed by atoms with Gasteiger partial charge in [-0.15, -0.1) is 11.3 Å². The van der Waals surface area contributed by atoms with Crippen LogP contribution >= 0.6 is 22.9 Å². The van der Waals surface area contributed by atoms with Gasteiger partial charge in [-0.25, -0.2) is 18.6 Å². The van der Waals surface area contributed by atoms with Crippen LogP contribution in [0.25, 0.3) is 21.5 Å². The number of rotatable bonds is 7. The zero-order valence-corrected chi connectivity index (χ0v) is 24.3. The quantitative estimate of drug-likeness (QED) is 0.225. The highest BCUT2D eigenvalue weighted by atomic mass is 35.5. The largest absolute Gasteiger partial charge is 0.478 e. The van der Waals surface area contributed by atoms with E-state index in [1.807, 2.05) is 19.1 Å². The molecule has 0 spiro atoms. The fourth-order valence-corrected chi connectivity index (χ4v) is 8.09. The van der Waals surface area contributed by atoms with Gasteiger partial charge in [-0.3, -0.25) is 0 Å². The second-order valence-electron chi connectivity index (χ2n) is 11.6. The fourth-order valence-electron chi connectivity index (χ4n) is 6.51. The summed E-state index contributed by atoms with van der Waals surface area (Å²) in [6, 6.07) is 7.83. The summed E-state index contributed by atoms with van der Waals surface area (Å²) in [6.45, 7) is 4.76. The molecular formula is C30H29ClF2N2O5S. The highest BCUT2D eigenvalue weighted by Gasteiger charge is 2.56. The number of aromatic carboxylic acids is 1. The number of hydrogen-bond acceptors (Lipinski definition) is 7. The van der Waals surface area contributed by atoms with Crippen LogP contribution in [0.1, 0.15) is 71.8 Å². The van der Waals surface area contributed by atoms with Crippen LogP contribution in [0.2, 0.25) is 5.02 Å². The van der Waals surface area contributed by atoms with Crippen LogP contribution in [0.5, 0.6) is 0 Å². The van der Waals surface area contributed by atoms with Crippen LogP contribution in [-0.2, 0) is 22.6 Å². The van der Waals surface area contributed by atoms with Crippen LogP contribution in [0.15, 0.2) is 34.9 Å². The fraction of sp³-hybridized carbons (Fsp3) is 0.433. The second kappa shape index (κ2) is 10.1. The van der Waals surface area contributed by atoms with Crippen LogP contribution < -0.4 is 0 Å². The predicted octanol–water partition coefficient (Wildman–Crippen LogP) is 7.55. The van der Waals surface area contributed by atoms with E-state index in [1.54, 1.807) is 6.07 Å². The first-order chi connectivity index (χ1) is 19.4. The number of carboxylic acid groups (broad SMARTS) is 1. The zero-order valence-electron chi connectivity index (χ0n) is 22.7. The number of aliphatic hydroxyl groups is 1. The Balaban J connectivity index is 1.26. The first-order valence-corrected chi connectivity index (χ1v) is 14.7. The standard InChI is InChI=1S/C30H29ClF2N2O5S/c1-14-5-4-6-20(31)23(14)24-19(26(40-35-24)29(2,3)33)13-39-18-11-16-7-8-17(12-18)30(16,38)28-34-25-21(32)9-15(27(36)37)10-22(25)41-28/h4-6,9-10,16-18,38H,7-8,11-13H2,1-3H3,(H,36,37)/t16-,17+,18?,30?. The Hall–Kier alpha value is -2.92. The Morgan fingerprint density at radius 3 is 2.61 bits per heavy atom. The van der Waals surface area contributed by atoms with E-state index in [0.717, 1.165) is 35.8 Å². The number of aryl methyl sites for hydroxylation is 1. The van der Waals surface area contributed by atoms with Crippen molar-refractivity contribution < 1.29 is 33.0 Å². The van der Waals surface area contributed by atoms with Crippen molar-refractivity contribution in [3.8, 4) is 11.3 Å². The number of fused-ring (bicyclic) bond motifs is 3. The van der Waals surface area contributed by atoms with Crippen molar-refractivity contribution in [2.45, 2.75) is 70.4 Å². The lowest BCUT2D eigenvalue weighted by Gasteiger charge is -2.41. The number of aromatic nitrogens is 2. The van der Waals surface area contributed by atoms with Gasteiger partial charge >= 0.3 is 5.97 Å². The van der Waals surface area contributed by atoms with E-state index in [1.165, 1.54) is 19.9 Å². The van der Waals surface area contributed by atoms with E-state index < -0.39 is 23.1 Å². The van der Waals surface area contributed by atoms with Crippen molar-refractivity contribution in [1.82, 2.24) is 10.1 Å². The molecule has 0 saturated heterocycles. The summed E-state index contributed by atoms with van der Waals surface area (Å²) in [5.74, 6) is -2.23. The van der Waals surface area contributed by atoms with Gasteiger partial charge in [0, 0.05) is 5.56 Å². The molecule has 0 aliphatic heterocycles. The van der Waals surface area contributed by atoms with E-state index in [4.69, 9.17) is 20.9 Å². The van der Waals surface area contributed by atoms with E-state index in [2.05, 4.69) is 10.1 Å². The molecule has 6 rings (SSSR count). The molecule has 2 aliphatic carbocycles. The number of nitrogens with zero attached hydrogens (tertiary/aromatic N) is 2. The van der Waals surface area contributed by atoms with Crippen molar-refractivity contribution in [3.63, 3.8) is 0 Å². The van der Waals surface area contributed by atoms with Crippen molar-refractivity contribution in [1.29, 1.82) is 0 Å². The number of ether oxygens (including phenoxy) is 1. The Labute approximate surface area is 244 Å². The normalized spacial score (nSPS) is 24.3. The minimum absolute atomic E-state index is 0.0546. The summed E-state index contributed by atoms with van der Waals surface area (Å²) in [5, 5.41) is 26.3. The monoisotopic (exact) mass is 602 g/mol. The van der Waals surface area contributed by atoms with Crippen LogP contribution in [0.4, 0.5) is 8.78 Å². The Morgan fingerprint density at radius 2 is 1.98 bits per heavy atom. The third kappa shape index (κ3) is 4.74. The van der Waals surface area contributed by atoms with E-state index in [0.29, 0.717) is 44.4 Å². The van der Waals surface area contributed by atoms with Gasteiger partial charge in [0.25, 0.3) is 0 Å². The van der Waals surface area contributed by atoms with E-state index in [9.17, 15) is 19.4 Å². The summed E-state index contributed by atoms with van der Waals surface area (Å²) in [6.07, 6.45) is 2.35. The topological polar surface area (TPSA) is 106 Å². The molecule has 4 atom stereocenters. The van der Waals surface area contributed by atoms with Gasteiger partial charge in [-0.05, 0) is 82.1 Å². The molecule has 4 aromatic rings. The number of carboxylic acids is 1. The minimum Gasteiger partial charge on any atom is -0.478 e. The van der Waals surface area contributed by atoms with Gasteiger partial charge in [-0.1, -0.05) is 28.9 Å². The van der Waals surface area contributed by atoms with Crippen molar-refractivity contribution in [3.05, 3.63) is 68.6 Å². The summed E-state index contributed by atoms with van der Waals surface area (Å²) < 4.78 is 42.1. The van der Waals surface area contributed by atoms with E-state index >= 15 is 4.39 Å². The molecule has 41 heavy (non-hydrogen) atoms. The maximum absolute atomic E-state index is 15.2. The molecule has 2 saturated carbocycles. The summed E-state index contributed by atoms with van der Waals surface area (Å²) >= 11 is 7.64. The molecule has 2 aliphatic rings. The molecule has 0 amide bonds. The van der Waals surface area contributed by atoms with E-state index in [-0.39, 0.29) is 41.4 Å². The smallest absolute Gasteiger partial charge is 0.335 e. The Morgan fingerprint density at radius 1 is 1.27 bits per heavy atom. The number of alkyl halides is 1. The maximum Gasteiger partial charge on any atom is 0.335 e. The lowest BCUT2D eigenvalue weighted by atomic mass is 9.73. The van der Waals surface area contributed by atoms with Crippen LogP contribution in [0, 0.1) is 24.6 Å². The summed E-state index contributed by atoms with van der Waals surface area (Å²) in [7, 11) is 0. The molecule has 2 fully saturated rings. The van der Waals surface area contributed by atoms with Crippen molar-refractivity contribution >= 4 is 39.1 Å². The Kier molecular flexibility index (Phi) is 6.96. The molecule has 2 aromatic heterocycles. The van der Waals surface area contributed by atoms with Crippen LogP contribution in [-0.4, -0.2) is 32.4 Å². The van der Waals surface area contributed by atoms with Gasteiger partial charge in [0.2, 0.25) is 0 Å². The van der Waals surface area contributed by atoms with Gasteiger partial charge in [-0.2, -0.15) is 0 Å². The van der Waals surface area contributed by atoms with Crippen LogP contribution in [0.3, 0.4) is 0 Å². The molecule has 2 bridgehead atoms. The third-order valence-corrected chi connectivity index (χ3v) is 9.95. The highest BCUT2D eigenvalue weighted by molar-refractivity contribution is 7.18. The molecule has 11 heteroatoms. The zero-order chi connectivity index (χ0) is 29.3. The van der Waals surface area contributed by atoms with Crippen molar-refractivity contribution in [2.24, 2.45) is 11.8 Å². The molecule has 2 heterocycles. The number of carbonyl (C=O) groups is 1. The number of hydrogen-bond donors (Lipinski definition) is 2. The molecule has 7 nitrogen and oxygen atoms in total. The number of benzene rings is 2. The number of halogens is 3. The first-order valence-electron chi connectivity index (χ1n) is 13.5. The lowest BCUT2D eigenvalue weighted by molar-refractivity contribution is -0.116. The highest BCUT2D eigenvalue weighted by Crippen LogP contribution is 2.57. The van der Waals surface area contributed by atoms with Gasteiger partial charge < -0.3 is 19.5 Å². The van der Waals surface area contributed by atoms with Gasteiger partial charge in [0.1, 0.15) is 21.8 Å². The SMILES string of the molecule is Cc1cccc(Cl)c1-c1noc(C(C)(C)F)c1COC1C[C@H]2CC[C@@H](C1)C2(O)c1nc2c(F)cc(C(=O)O)cc2s1. The van der Waals surface area contributed by atoms with Crippen molar-refractivity contribution in [2.75, 3.05) is 0 Å². The lowest BCUT2D eigenvalue weighted by Crippen LogP contribution is -2.44. The first kappa shape index (κ1) is 28.2. The summed E-state index contributed by atoms with van der Waals surface area (Å²) in [5.41, 5.74) is -0.668. The summed E-state index contributed by atoms with van der Waals surface area (Å²) in [4.78, 5) is 15.8. The second-order valence-corrected chi connectivity index (χ2v) is 13.0. The molecule has 216 valence electrons. The molecular weight excluding hydrogens is 574 g/mol. The average molecular weight is 603 g/mol. The minimum atomic E-state index is -1.80. The predicted molar refractivity (Wildman–Crippen MR) is 150 cm³/mol. The molecule has 0 radical (unpaired) electrons.